The summed E-state index contributed by atoms with van der Waals surface area (Å²) in [6.07, 6.45) is -3.17. The number of alkyl halides is 3. The quantitative estimate of drug-likeness (QED) is 0.441. The van der Waals surface area contributed by atoms with Crippen molar-refractivity contribution in [1.29, 1.82) is 0 Å². The minimum atomic E-state index is -4.91. The van der Waals surface area contributed by atoms with Crippen LogP contribution in [0.4, 0.5) is 36.3 Å². The summed E-state index contributed by atoms with van der Waals surface area (Å²) in [5.74, 6) is -1.35. The normalized spacial score (nSPS) is 13.8. The number of para-hydroxylation sites is 1. The minimum absolute atomic E-state index is 0.0113. The number of rotatable bonds is 5. The van der Waals surface area contributed by atoms with Gasteiger partial charge < -0.3 is 20.1 Å². The Bertz CT molecular complexity index is 1330. The molecule has 0 aliphatic carbocycles. The number of amides is 1. The summed E-state index contributed by atoms with van der Waals surface area (Å²) < 4.78 is 51.2. The van der Waals surface area contributed by atoms with Gasteiger partial charge in [-0.05, 0) is 55.1 Å². The monoisotopic (exact) mass is 523 g/mol. The first-order valence-corrected chi connectivity index (χ1v) is 13.6. The Morgan fingerprint density at radius 2 is 1.86 bits per heavy atom. The Balaban J connectivity index is 1.56. The van der Waals surface area contributed by atoms with E-state index in [1.165, 1.54) is 6.20 Å². The zero-order valence-electron chi connectivity index (χ0n) is 18.9. The number of nitrogens with one attached hydrogen (secondary N) is 2. The minimum Gasteiger partial charge on any atom is -0.338 e. The second kappa shape index (κ2) is 9.51. The van der Waals surface area contributed by atoms with E-state index in [1.807, 2.05) is 0 Å². The number of halogens is 4. The van der Waals surface area contributed by atoms with Crippen molar-refractivity contribution in [1.82, 2.24) is 14.9 Å². The second-order valence-corrected chi connectivity index (χ2v) is 12.1. The topological polar surface area (TPSA) is 87.2 Å². The Morgan fingerprint density at radius 1 is 1.11 bits per heavy atom. The molecule has 12 heteroatoms. The number of benzene rings is 2. The third kappa shape index (κ3) is 5.77. The lowest BCUT2D eigenvalue weighted by Gasteiger charge is -2.29. The van der Waals surface area contributed by atoms with Crippen LogP contribution in [0.15, 0.2) is 48.7 Å². The van der Waals surface area contributed by atoms with Gasteiger partial charge in [-0.2, -0.15) is 18.2 Å². The first-order valence-electron chi connectivity index (χ1n) is 10.6. The third-order valence-corrected chi connectivity index (χ3v) is 7.31. The number of nitrogens with zero attached hydrogens (tertiary/aromatic N) is 3. The van der Waals surface area contributed by atoms with E-state index in [-0.39, 0.29) is 24.1 Å². The van der Waals surface area contributed by atoms with Crippen LogP contribution in [0.5, 0.6) is 0 Å². The van der Waals surface area contributed by atoms with E-state index in [0.29, 0.717) is 34.5 Å². The van der Waals surface area contributed by atoms with Gasteiger partial charge in [-0.3, -0.25) is 4.79 Å². The number of hydrogen-bond acceptors (Lipinski definition) is 6. The van der Waals surface area contributed by atoms with Crippen LogP contribution in [0.25, 0.3) is 0 Å². The molecule has 4 rings (SSSR count). The molecule has 1 amide bonds. The summed E-state index contributed by atoms with van der Waals surface area (Å²) in [7, 11) is -2.57. The predicted octanol–water partition coefficient (Wildman–Crippen LogP) is 5.31. The maximum Gasteiger partial charge on any atom is 0.471 e. The Kier molecular flexibility index (Phi) is 6.79. The molecule has 0 bridgehead atoms. The van der Waals surface area contributed by atoms with Gasteiger partial charge in [0.2, 0.25) is 5.95 Å². The number of aromatic nitrogens is 2. The average Bonchev–Trinajstić information content (AvgIpc) is 2.79. The lowest BCUT2D eigenvalue weighted by molar-refractivity contribution is -0.186. The van der Waals surface area contributed by atoms with Crippen LogP contribution in [-0.4, -0.2) is 46.8 Å². The summed E-state index contributed by atoms with van der Waals surface area (Å²) in [6.45, 7) is 3.21. The molecule has 0 saturated heterocycles. The summed E-state index contributed by atoms with van der Waals surface area (Å²) >= 11 is 6.28. The molecule has 0 radical (unpaired) electrons. The second-order valence-electron chi connectivity index (χ2n) is 8.47. The highest BCUT2D eigenvalue weighted by Crippen LogP contribution is 2.38. The largest absolute Gasteiger partial charge is 0.471 e. The molecule has 1 aliphatic rings. The molecule has 2 aromatic carbocycles. The van der Waals surface area contributed by atoms with Gasteiger partial charge in [0.15, 0.2) is 5.82 Å². The van der Waals surface area contributed by atoms with Crippen LogP contribution < -0.4 is 15.9 Å². The zero-order chi connectivity index (χ0) is 25.4. The van der Waals surface area contributed by atoms with Crippen LogP contribution in [-0.2, 0) is 22.3 Å². The molecule has 0 spiro atoms. The first kappa shape index (κ1) is 25.0. The fourth-order valence-corrected chi connectivity index (χ4v) is 5.10. The van der Waals surface area contributed by atoms with Crippen molar-refractivity contribution in [3.8, 4) is 0 Å². The van der Waals surface area contributed by atoms with Crippen molar-refractivity contribution in [3.63, 3.8) is 0 Å². The fraction of sp³-hybridized carbons (Fsp3) is 0.261. The highest BCUT2D eigenvalue weighted by molar-refractivity contribution is 7.70. The molecule has 7 nitrogen and oxygen atoms in total. The Labute approximate surface area is 205 Å². The molecule has 3 aromatic rings. The van der Waals surface area contributed by atoms with Gasteiger partial charge >= 0.3 is 12.1 Å². The van der Waals surface area contributed by atoms with Gasteiger partial charge in [-0.15, -0.1) is 0 Å². The van der Waals surface area contributed by atoms with E-state index >= 15 is 0 Å². The molecule has 0 fully saturated rings. The van der Waals surface area contributed by atoms with E-state index < -0.39 is 19.2 Å². The van der Waals surface area contributed by atoms with Gasteiger partial charge in [0.1, 0.15) is 12.2 Å². The lowest BCUT2D eigenvalue weighted by Crippen LogP contribution is -2.43. The van der Waals surface area contributed by atoms with Crippen LogP contribution >= 0.6 is 18.7 Å². The molecule has 0 saturated carbocycles. The molecule has 0 atom stereocenters. The molecule has 1 aliphatic heterocycles. The van der Waals surface area contributed by atoms with Crippen LogP contribution in [0.1, 0.15) is 11.1 Å². The average molecular weight is 524 g/mol. The number of hydrogen-bond donors (Lipinski definition) is 2. The fourth-order valence-electron chi connectivity index (χ4n) is 3.81. The van der Waals surface area contributed by atoms with Gasteiger partial charge in [0.05, 0.1) is 11.9 Å². The number of carbonyl (C=O) groups excluding carboxylic acids is 1. The summed E-state index contributed by atoms with van der Waals surface area (Å²) in [5.41, 5.74) is 2.64. The van der Waals surface area contributed by atoms with Crippen molar-refractivity contribution in [2.75, 3.05) is 30.5 Å². The summed E-state index contributed by atoms with van der Waals surface area (Å²) in [4.78, 5) is 21.0. The van der Waals surface area contributed by atoms with Crippen molar-refractivity contribution in [2.45, 2.75) is 19.1 Å². The van der Waals surface area contributed by atoms with Crippen LogP contribution in [0, 0.1) is 0 Å². The van der Waals surface area contributed by atoms with Crippen LogP contribution in [0.2, 0.25) is 5.02 Å². The molecule has 35 heavy (non-hydrogen) atoms. The maximum atomic E-state index is 12.8. The van der Waals surface area contributed by atoms with E-state index in [9.17, 15) is 22.5 Å². The standard InChI is InChI=1S/C23H22ClF3N5O2P/c1-35(2,34)19-6-4-3-5-18(19)30-20-17(24)12-28-22(31-20)29-16-8-7-14-9-10-32(13-15(14)11-16)21(33)23(25,26)27/h3-8,11-12H,9-10,13H2,1-2H3,(H2,28,29,30,31). The van der Waals surface area contributed by atoms with Crippen molar-refractivity contribution < 1.29 is 22.5 Å². The van der Waals surface area contributed by atoms with E-state index in [4.69, 9.17) is 11.6 Å². The van der Waals surface area contributed by atoms with Gasteiger partial charge in [0, 0.05) is 24.1 Å². The number of carbonyl (C=O) groups is 1. The Morgan fingerprint density at radius 3 is 2.57 bits per heavy atom. The Hall–Kier alpha value is -3.10. The van der Waals surface area contributed by atoms with Gasteiger partial charge in [-0.25, -0.2) is 4.98 Å². The lowest BCUT2D eigenvalue weighted by atomic mass is 9.99. The summed E-state index contributed by atoms with van der Waals surface area (Å²) in [6, 6.07) is 12.4. The molecule has 2 heterocycles. The summed E-state index contributed by atoms with van der Waals surface area (Å²) in [5, 5.41) is 7.03. The molecule has 0 unspecified atom stereocenters. The van der Waals surface area contributed by atoms with Crippen LogP contribution in [0.3, 0.4) is 0 Å². The molecule has 184 valence electrons. The third-order valence-electron chi connectivity index (χ3n) is 5.49. The van der Waals surface area contributed by atoms with E-state index in [2.05, 4.69) is 20.6 Å². The molecular weight excluding hydrogens is 502 g/mol. The zero-order valence-corrected chi connectivity index (χ0v) is 20.5. The van der Waals surface area contributed by atoms with Crippen molar-refractivity contribution in [3.05, 3.63) is 64.8 Å². The van der Waals surface area contributed by atoms with Gasteiger partial charge in [-0.1, -0.05) is 29.8 Å². The van der Waals surface area contributed by atoms with E-state index in [0.717, 1.165) is 10.5 Å². The highest BCUT2D eigenvalue weighted by Gasteiger charge is 2.43. The predicted molar refractivity (Wildman–Crippen MR) is 131 cm³/mol. The first-order chi connectivity index (χ1) is 16.4. The maximum absolute atomic E-state index is 12.8. The van der Waals surface area contributed by atoms with Crippen molar-refractivity contribution in [2.24, 2.45) is 0 Å². The highest BCUT2D eigenvalue weighted by atomic mass is 35.5. The number of fused-ring (bicyclic) bond motifs is 1. The molecule has 2 N–H and O–H groups in total. The van der Waals surface area contributed by atoms with Crippen molar-refractivity contribution >= 4 is 53.1 Å². The van der Waals surface area contributed by atoms with Gasteiger partial charge in [0.25, 0.3) is 0 Å². The van der Waals surface area contributed by atoms with E-state index in [1.54, 1.807) is 55.8 Å². The smallest absolute Gasteiger partial charge is 0.338 e. The number of anilines is 4. The molecule has 1 aromatic heterocycles. The SMILES string of the molecule is CP(C)(=O)c1ccccc1Nc1nc(Nc2ccc3c(c2)CN(C(=O)C(F)(F)F)CC3)ncc1Cl. The molecular formula is C23H22ClF3N5O2P.